The molecule has 17 heavy (non-hydrogen) atoms. The number of aromatic nitrogens is 2. The predicted octanol–water partition coefficient (Wildman–Crippen LogP) is 2.65. The van der Waals surface area contributed by atoms with Gasteiger partial charge >= 0.3 is 0 Å². The summed E-state index contributed by atoms with van der Waals surface area (Å²) < 4.78 is 0. The SMILES string of the molecule is Cc1cc2nc([C@H]3CCCNC3)[nH]c2cc1C. The third-order valence-electron chi connectivity index (χ3n) is 3.80. The highest BCUT2D eigenvalue weighted by Gasteiger charge is 2.18. The van der Waals surface area contributed by atoms with Crippen molar-refractivity contribution in [2.24, 2.45) is 0 Å². The maximum absolute atomic E-state index is 4.74. The molecule has 0 radical (unpaired) electrons. The zero-order valence-electron chi connectivity index (χ0n) is 10.5. The minimum atomic E-state index is 0.553. The fourth-order valence-corrected chi connectivity index (χ4v) is 2.57. The van der Waals surface area contributed by atoms with Gasteiger partial charge in [0.2, 0.25) is 0 Å². The minimum Gasteiger partial charge on any atom is -0.342 e. The molecule has 1 aromatic carbocycles. The van der Waals surface area contributed by atoms with Crippen LogP contribution in [0.2, 0.25) is 0 Å². The van der Waals surface area contributed by atoms with Crippen molar-refractivity contribution in [1.82, 2.24) is 15.3 Å². The van der Waals surface area contributed by atoms with Crippen molar-refractivity contribution in [3.8, 4) is 0 Å². The van der Waals surface area contributed by atoms with Crippen LogP contribution < -0.4 is 5.32 Å². The summed E-state index contributed by atoms with van der Waals surface area (Å²) in [6, 6.07) is 4.39. The Morgan fingerprint density at radius 1 is 1.24 bits per heavy atom. The first-order valence-corrected chi connectivity index (χ1v) is 6.41. The Bertz CT molecular complexity index is 497. The van der Waals surface area contributed by atoms with Gasteiger partial charge in [0.1, 0.15) is 5.82 Å². The molecular formula is C14H19N3. The first-order valence-electron chi connectivity index (χ1n) is 6.41. The number of fused-ring (bicyclic) bond motifs is 1. The molecule has 0 spiro atoms. The average molecular weight is 229 g/mol. The molecule has 0 aliphatic carbocycles. The highest BCUT2D eigenvalue weighted by Crippen LogP contribution is 2.24. The number of aryl methyl sites for hydroxylation is 2. The highest BCUT2D eigenvalue weighted by atomic mass is 15.0. The molecule has 0 unspecified atom stereocenters. The summed E-state index contributed by atoms with van der Waals surface area (Å²) in [5.41, 5.74) is 4.93. The molecule has 1 saturated heterocycles. The van der Waals surface area contributed by atoms with E-state index in [1.165, 1.54) is 29.5 Å². The fraction of sp³-hybridized carbons (Fsp3) is 0.500. The highest BCUT2D eigenvalue weighted by molar-refractivity contribution is 5.77. The number of nitrogens with zero attached hydrogens (tertiary/aromatic N) is 1. The number of rotatable bonds is 1. The van der Waals surface area contributed by atoms with Gasteiger partial charge in [-0.1, -0.05) is 0 Å². The van der Waals surface area contributed by atoms with Crippen LogP contribution in [-0.2, 0) is 0 Å². The largest absolute Gasteiger partial charge is 0.342 e. The second kappa shape index (κ2) is 4.15. The average Bonchev–Trinajstić information content (AvgIpc) is 2.74. The normalized spacial score (nSPS) is 20.9. The second-order valence-corrected chi connectivity index (χ2v) is 5.12. The lowest BCUT2D eigenvalue weighted by Gasteiger charge is -2.20. The Balaban J connectivity index is 2.00. The summed E-state index contributed by atoms with van der Waals surface area (Å²) in [4.78, 5) is 8.22. The Morgan fingerprint density at radius 3 is 2.82 bits per heavy atom. The summed E-state index contributed by atoms with van der Waals surface area (Å²) in [5, 5.41) is 3.44. The summed E-state index contributed by atoms with van der Waals surface area (Å²) in [7, 11) is 0. The molecule has 1 aliphatic rings. The number of H-pyrrole nitrogens is 1. The van der Waals surface area contributed by atoms with Gasteiger partial charge in [-0.2, -0.15) is 0 Å². The molecule has 1 aliphatic heterocycles. The first-order chi connectivity index (χ1) is 8.24. The molecule has 0 amide bonds. The molecule has 90 valence electrons. The van der Waals surface area contributed by atoms with E-state index in [0.29, 0.717) is 5.92 Å². The van der Waals surface area contributed by atoms with E-state index in [1.54, 1.807) is 0 Å². The van der Waals surface area contributed by atoms with Crippen molar-refractivity contribution in [1.29, 1.82) is 0 Å². The minimum absolute atomic E-state index is 0.553. The quantitative estimate of drug-likeness (QED) is 0.789. The molecule has 2 aromatic rings. The van der Waals surface area contributed by atoms with Crippen molar-refractivity contribution in [2.75, 3.05) is 13.1 Å². The van der Waals surface area contributed by atoms with Crippen molar-refractivity contribution in [2.45, 2.75) is 32.6 Å². The summed E-state index contributed by atoms with van der Waals surface area (Å²) in [6.07, 6.45) is 2.49. The number of imidazole rings is 1. The van der Waals surface area contributed by atoms with E-state index in [9.17, 15) is 0 Å². The van der Waals surface area contributed by atoms with Crippen LogP contribution in [0.1, 0.15) is 35.7 Å². The second-order valence-electron chi connectivity index (χ2n) is 5.12. The van der Waals surface area contributed by atoms with Crippen LogP contribution >= 0.6 is 0 Å². The molecule has 1 fully saturated rings. The van der Waals surface area contributed by atoms with Crippen LogP contribution in [0.15, 0.2) is 12.1 Å². The third kappa shape index (κ3) is 1.95. The molecule has 1 atom stereocenters. The van der Waals surface area contributed by atoms with Crippen molar-refractivity contribution in [3.05, 3.63) is 29.1 Å². The Hall–Kier alpha value is -1.35. The lowest BCUT2D eigenvalue weighted by molar-refractivity contribution is 0.449. The number of benzene rings is 1. The van der Waals surface area contributed by atoms with Gasteiger partial charge in [-0.3, -0.25) is 0 Å². The van der Waals surface area contributed by atoms with E-state index >= 15 is 0 Å². The Kier molecular flexibility index (Phi) is 2.63. The molecule has 3 heteroatoms. The van der Waals surface area contributed by atoms with Crippen molar-refractivity contribution in [3.63, 3.8) is 0 Å². The number of hydrogen-bond donors (Lipinski definition) is 2. The van der Waals surface area contributed by atoms with Crippen molar-refractivity contribution >= 4 is 11.0 Å². The van der Waals surface area contributed by atoms with E-state index in [2.05, 4.69) is 36.3 Å². The van der Waals surface area contributed by atoms with Crippen LogP contribution in [0.4, 0.5) is 0 Å². The van der Waals surface area contributed by atoms with Gasteiger partial charge in [0.05, 0.1) is 11.0 Å². The van der Waals surface area contributed by atoms with E-state index in [0.717, 1.165) is 24.4 Å². The van der Waals surface area contributed by atoms with Crippen LogP contribution in [0, 0.1) is 13.8 Å². The lowest BCUT2D eigenvalue weighted by Crippen LogP contribution is -2.28. The monoisotopic (exact) mass is 229 g/mol. The number of aromatic amines is 1. The molecule has 3 nitrogen and oxygen atoms in total. The number of hydrogen-bond acceptors (Lipinski definition) is 2. The Labute approximate surface area is 102 Å². The summed E-state index contributed by atoms with van der Waals surface area (Å²) in [5.74, 6) is 1.70. The third-order valence-corrected chi connectivity index (χ3v) is 3.80. The molecule has 1 aromatic heterocycles. The molecule has 2 N–H and O–H groups in total. The summed E-state index contributed by atoms with van der Waals surface area (Å²) in [6.45, 7) is 6.50. The zero-order valence-corrected chi connectivity index (χ0v) is 10.5. The molecule has 0 saturated carbocycles. The van der Waals surface area contributed by atoms with Gasteiger partial charge in [0, 0.05) is 12.5 Å². The van der Waals surface area contributed by atoms with Gasteiger partial charge in [-0.05, 0) is 56.5 Å². The molecule has 0 bridgehead atoms. The van der Waals surface area contributed by atoms with E-state index < -0.39 is 0 Å². The molecule has 2 heterocycles. The van der Waals surface area contributed by atoms with Gasteiger partial charge < -0.3 is 10.3 Å². The van der Waals surface area contributed by atoms with E-state index in [1.807, 2.05) is 0 Å². The van der Waals surface area contributed by atoms with Crippen LogP contribution in [0.3, 0.4) is 0 Å². The number of nitrogens with one attached hydrogen (secondary N) is 2. The maximum Gasteiger partial charge on any atom is 0.111 e. The van der Waals surface area contributed by atoms with Gasteiger partial charge in [-0.15, -0.1) is 0 Å². The zero-order chi connectivity index (χ0) is 11.8. The molecule has 3 rings (SSSR count). The number of piperidine rings is 1. The van der Waals surface area contributed by atoms with E-state index in [4.69, 9.17) is 4.98 Å². The van der Waals surface area contributed by atoms with Crippen LogP contribution in [-0.4, -0.2) is 23.1 Å². The summed E-state index contributed by atoms with van der Waals surface area (Å²) >= 11 is 0. The topological polar surface area (TPSA) is 40.7 Å². The standard InChI is InChI=1S/C14H19N3/c1-9-6-12-13(7-10(9)2)17-14(16-12)11-4-3-5-15-8-11/h6-7,11,15H,3-5,8H2,1-2H3,(H,16,17)/t11-/m0/s1. The molecular weight excluding hydrogens is 210 g/mol. The Morgan fingerprint density at radius 2 is 2.06 bits per heavy atom. The predicted molar refractivity (Wildman–Crippen MR) is 70.4 cm³/mol. The van der Waals surface area contributed by atoms with Gasteiger partial charge in [0.25, 0.3) is 0 Å². The van der Waals surface area contributed by atoms with Crippen LogP contribution in [0.5, 0.6) is 0 Å². The van der Waals surface area contributed by atoms with E-state index in [-0.39, 0.29) is 0 Å². The smallest absolute Gasteiger partial charge is 0.111 e. The van der Waals surface area contributed by atoms with Gasteiger partial charge in [0.15, 0.2) is 0 Å². The van der Waals surface area contributed by atoms with Crippen LogP contribution in [0.25, 0.3) is 11.0 Å². The maximum atomic E-state index is 4.74. The fourth-order valence-electron chi connectivity index (χ4n) is 2.57. The van der Waals surface area contributed by atoms with Gasteiger partial charge in [-0.25, -0.2) is 4.98 Å². The lowest BCUT2D eigenvalue weighted by atomic mass is 9.99. The first kappa shape index (κ1) is 10.8. The van der Waals surface area contributed by atoms with Crippen molar-refractivity contribution < 1.29 is 0 Å².